The molecule has 2 saturated carbocycles. The second kappa shape index (κ2) is 9.78. The molecule has 0 aromatic carbocycles. The molecule has 0 amide bonds. The Labute approximate surface area is 170 Å². The highest BCUT2D eigenvalue weighted by Gasteiger charge is 2.35. The summed E-state index contributed by atoms with van der Waals surface area (Å²) in [4.78, 5) is 6.91. The van der Waals surface area contributed by atoms with Gasteiger partial charge in [0.1, 0.15) is 6.07 Å². The van der Waals surface area contributed by atoms with E-state index in [9.17, 15) is 5.26 Å². The van der Waals surface area contributed by atoms with E-state index in [1.807, 2.05) is 0 Å². The Morgan fingerprint density at radius 2 is 1.89 bits per heavy atom. The number of likely N-dealkylation sites (N-methyl/N-ethyl adjacent to an activating group) is 1. The average Bonchev–Trinajstić information content (AvgIpc) is 3.15. The molecule has 156 valence electrons. The number of anilines is 1. The van der Waals surface area contributed by atoms with E-state index in [0.717, 1.165) is 31.2 Å². The summed E-state index contributed by atoms with van der Waals surface area (Å²) in [5, 5.41) is 13.0. The van der Waals surface area contributed by atoms with Crippen molar-refractivity contribution in [3.8, 4) is 6.07 Å². The zero-order valence-corrected chi connectivity index (χ0v) is 18.1. The van der Waals surface area contributed by atoms with Crippen molar-refractivity contribution in [2.75, 3.05) is 26.0 Å². The van der Waals surface area contributed by atoms with Crippen molar-refractivity contribution in [2.24, 2.45) is 5.92 Å². The van der Waals surface area contributed by atoms with Gasteiger partial charge in [0, 0.05) is 18.0 Å². The summed E-state index contributed by atoms with van der Waals surface area (Å²) in [5.74, 6) is 2.59. The third-order valence-electron chi connectivity index (χ3n) is 7.22. The van der Waals surface area contributed by atoms with Gasteiger partial charge in [-0.2, -0.15) is 5.26 Å². The van der Waals surface area contributed by atoms with Crippen molar-refractivity contribution in [2.45, 2.75) is 95.4 Å². The number of aromatic nitrogens is 1. The molecule has 2 fully saturated rings. The molecule has 0 bridgehead atoms. The van der Waals surface area contributed by atoms with Crippen LogP contribution in [0.5, 0.6) is 0 Å². The van der Waals surface area contributed by atoms with Gasteiger partial charge in [0.25, 0.3) is 0 Å². The van der Waals surface area contributed by atoms with Gasteiger partial charge in [0.15, 0.2) is 0 Å². The molecule has 3 rings (SSSR count). The normalized spacial score (nSPS) is 24.8. The Morgan fingerprint density at radius 1 is 1.18 bits per heavy atom. The largest absolute Gasteiger partial charge is 0.424 e. The fourth-order valence-electron chi connectivity index (χ4n) is 5.13. The summed E-state index contributed by atoms with van der Waals surface area (Å²) in [6.45, 7) is 3.08. The first-order valence-corrected chi connectivity index (χ1v) is 11.4. The molecule has 0 aliphatic heterocycles. The molecule has 28 heavy (non-hydrogen) atoms. The smallest absolute Gasteiger partial charge is 0.232 e. The van der Waals surface area contributed by atoms with Gasteiger partial charge in [-0.3, -0.25) is 0 Å². The number of nitrogens with zero attached hydrogens (tertiary/aromatic N) is 3. The first kappa shape index (κ1) is 21.2. The molecule has 1 heterocycles. The van der Waals surface area contributed by atoms with E-state index in [1.165, 1.54) is 64.2 Å². The summed E-state index contributed by atoms with van der Waals surface area (Å²) >= 11 is 0. The molecule has 0 unspecified atom stereocenters. The minimum Gasteiger partial charge on any atom is -0.424 e. The molecule has 1 aromatic heterocycles. The number of rotatable bonds is 8. The standard InChI is InChI=1S/C23H38N4O/c1-4-5-9-18-10-12-19(13-11-18)21-26-20(16-24)22(28-21)25-17-23(27(2)3)14-7-6-8-15-23/h18-19,25H,4-15,17H2,1-3H3. The molecule has 5 heteroatoms. The van der Waals surface area contributed by atoms with Gasteiger partial charge in [-0.15, -0.1) is 0 Å². The van der Waals surface area contributed by atoms with Crippen molar-refractivity contribution in [3.63, 3.8) is 0 Å². The topological polar surface area (TPSA) is 65.1 Å². The summed E-state index contributed by atoms with van der Waals surface area (Å²) in [6.07, 6.45) is 15.1. The van der Waals surface area contributed by atoms with Crippen LogP contribution in [0.3, 0.4) is 0 Å². The van der Waals surface area contributed by atoms with Gasteiger partial charge in [-0.1, -0.05) is 45.4 Å². The Kier molecular flexibility index (Phi) is 7.40. The summed E-state index contributed by atoms with van der Waals surface area (Å²) < 4.78 is 6.11. The Hall–Kier alpha value is -1.54. The molecule has 0 spiro atoms. The Bertz CT molecular complexity index is 646. The van der Waals surface area contributed by atoms with Crippen LogP contribution >= 0.6 is 0 Å². The maximum absolute atomic E-state index is 9.56. The molecule has 2 aliphatic rings. The van der Waals surface area contributed by atoms with Crippen molar-refractivity contribution in [1.82, 2.24) is 9.88 Å². The molecule has 0 atom stereocenters. The average molecular weight is 387 g/mol. The number of hydrogen-bond donors (Lipinski definition) is 1. The van der Waals surface area contributed by atoms with Crippen molar-refractivity contribution >= 4 is 5.88 Å². The van der Waals surface area contributed by atoms with Crippen LogP contribution < -0.4 is 5.32 Å². The van der Waals surface area contributed by atoms with Crippen molar-refractivity contribution < 1.29 is 4.42 Å². The molecule has 1 aromatic rings. The maximum atomic E-state index is 9.56. The summed E-state index contributed by atoms with van der Waals surface area (Å²) in [7, 11) is 4.34. The van der Waals surface area contributed by atoms with Crippen LogP contribution in [0.4, 0.5) is 5.88 Å². The van der Waals surface area contributed by atoms with E-state index in [0.29, 0.717) is 17.5 Å². The number of hydrogen-bond acceptors (Lipinski definition) is 5. The van der Waals surface area contributed by atoms with E-state index in [1.54, 1.807) is 0 Å². The van der Waals surface area contributed by atoms with Gasteiger partial charge in [-0.25, -0.2) is 4.98 Å². The van der Waals surface area contributed by atoms with Gasteiger partial charge >= 0.3 is 0 Å². The Morgan fingerprint density at radius 3 is 2.50 bits per heavy atom. The highest BCUT2D eigenvalue weighted by molar-refractivity contribution is 5.46. The zero-order valence-electron chi connectivity index (χ0n) is 18.1. The van der Waals surface area contributed by atoms with Crippen molar-refractivity contribution in [1.29, 1.82) is 5.26 Å². The fraction of sp³-hybridized carbons (Fsp3) is 0.826. The number of nitrogens with one attached hydrogen (secondary N) is 1. The second-order valence-electron chi connectivity index (χ2n) is 9.23. The molecule has 5 nitrogen and oxygen atoms in total. The van der Waals surface area contributed by atoms with Crippen LogP contribution in [0.2, 0.25) is 0 Å². The molecule has 0 radical (unpaired) electrons. The summed E-state index contributed by atoms with van der Waals surface area (Å²) in [6, 6.07) is 2.24. The Balaban J connectivity index is 1.62. The molecule has 2 aliphatic carbocycles. The van der Waals surface area contributed by atoms with E-state index >= 15 is 0 Å². The van der Waals surface area contributed by atoms with Gasteiger partial charge in [0.2, 0.25) is 17.5 Å². The molecular weight excluding hydrogens is 348 g/mol. The fourth-order valence-corrected chi connectivity index (χ4v) is 5.13. The van der Waals surface area contributed by atoms with Crippen LogP contribution in [0, 0.1) is 17.2 Å². The molecular formula is C23H38N4O. The van der Waals surface area contributed by atoms with Crippen LogP contribution in [0.15, 0.2) is 4.42 Å². The lowest BCUT2D eigenvalue weighted by Crippen LogP contribution is -2.51. The predicted molar refractivity (Wildman–Crippen MR) is 113 cm³/mol. The third-order valence-corrected chi connectivity index (χ3v) is 7.22. The minimum atomic E-state index is 0.148. The summed E-state index contributed by atoms with van der Waals surface area (Å²) in [5.41, 5.74) is 0.572. The third kappa shape index (κ3) is 4.89. The van der Waals surface area contributed by atoms with E-state index in [2.05, 4.69) is 42.3 Å². The molecule has 0 saturated heterocycles. The lowest BCUT2D eigenvalue weighted by atomic mass is 9.80. The van der Waals surface area contributed by atoms with Gasteiger partial charge < -0.3 is 14.6 Å². The van der Waals surface area contributed by atoms with Crippen LogP contribution in [0.1, 0.15) is 101 Å². The van der Waals surface area contributed by atoms with E-state index < -0.39 is 0 Å². The molecule has 1 N–H and O–H groups in total. The zero-order chi connectivity index (χ0) is 20.0. The second-order valence-corrected chi connectivity index (χ2v) is 9.23. The number of oxazole rings is 1. The minimum absolute atomic E-state index is 0.148. The number of unbranched alkanes of at least 4 members (excludes halogenated alkanes) is 1. The van der Waals surface area contributed by atoms with Crippen molar-refractivity contribution in [3.05, 3.63) is 11.6 Å². The van der Waals surface area contributed by atoms with Gasteiger partial charge in [-0.05, 0) is 58.5 Å². The monoisotopic (exact) mass is 386 g/mol. The first-order valence-electron chi connectivity index (χ1n) is 11.4. The lowest BCUT2D eigenvalue weighted by Gasteiger charge is -2.43. The van der Waals surface area contributed by atoms with Crippen LogP contribution in [0.25, 0.3) is 0 Å². The van der Waals surface area contributed by atoms with Crippen LogP contribution in [-0.4, -0.2) is 36.1 Å². The lowest BCUT2D eigenvalue weighted by molar-refractivity contribution is 0.113. The highest BCUT2D eigenvalue weighted by Crippen LogP contribution is 2.39. The predicted octanol–water partition coefficient (Wildman–Crippen LogP) is 5.69. The SMILES string of the molecule is CCCCC1CCC(c2nc(C#N)c(NCC3(N(C)C)CCCCC3)o2)CC1. The van der Waals surface area contributed by atoms with Gasteiger partial charge in [0.05, 0.1) is 0 Å². The number of nitriles is 1. The maximum Gasteiger partial charge on any atom is 0.232 e. The van der Waals surface area contributed by atoms with E-state index in [4.69, 9.17) is 4.42 Å². The van der Waals surface area contributed by atoms with Crippen LogP contribution in [-0.2, 0) is 0 Å². The first-order chi connectivity index (χ1) is 13.6. The quantitative estimate of drug-likeness (QED) is 0.622. The van der Waals surface area contributed by atoms with E-state index in [-0.39, 0.29) is 5.54 Å². The highest BCUT2D eigenvalue weighted by atomic mass is 16.4.